The predicted octanol–water partition coefficient (Wildman–Crippen LogP) is 2.02. The van der Waals surface area contributed by atoms with Gasteiger partial charge >= 0.3 is 5.97 Å². The van der Waals surface area contributed by atoms with Crippen LogP contribution in [-0.2, 0) is 0 Å². The molecule has 0 aliphatic heterocycles. The van der Waals surface area contributed by atoms with Crippen molar-refractivity contribution in [3.63, 3.8) is 0 Å². The van der Waals surface area contributed by atoms with Crippen molar-refractivity contribution >= 4 is 11.8 Å². The maximum atomic E-state index is 10.8. The third-order valence-corrected chi connectivity index (χ3v) is 3.83. The van der Waals surface area contributed by atoms with Gasteiger partial charge < -0.3 is 10.4 Å². The highest BCUT2D eigenvalue weighted by molar-refractivity contribution is 5.85. The van der Waals surface area contributed by atoms with E-state index < -0.39 is 5.97 Å². The summed E-state index contributed by atoms with van der Waals surface area (Å²) in [5.41, 5.74) is -0.00519. The molecule has 0 radical (unpaired) electrons. The topological polar surface area (TPSA) is 75.1 Å². The van der Waals surface area contributed by atoms with Crippen LogP contribution in [-0.4, -0.2) is 27.6 Å². The molecule has 1 aromatic heterocycles. The highest BCUT2D eigenvalue weighted by Gasteiger charge is 2.41. The van der Waals surface area contributed by atoms with Gasteiger partial charge in [-0.25, -0.2) is 9.78 Å². The lowest BCUT2D eigenvalue weighted by Gasteiger charge is -2.16. The first-order valence-corrected chi connectivity index (χ1v) is 6.53. The van der Waals surface area contributed by atoms with Gasteiger partial charge in [0.05, 0.1) is 12.4 Å². The monoisotopic (exact) mass is 247 g/mol. The fourth-order valence-corrected chi connectivity index (χ4v) is 2.54. The number of rotatable bonds is 6. The van der Waals surface area contributed by atoms with Gasteiger partial charge in [0.1, 0.15) is 5.82 Å². The average Bonchev–Trinajstić information content (AvgIpc) is 3.23. The van der Waals surface area contributed by atoms with Crippen molar-refractivity contribution in [1.29, 1.82) is 0 Å². The molecule has 2 aliphatic carbocycles. The van der Waals surface area contributed by atoms with Gasteiger partial charge in [-0.3, -0.25) is 4.98 Å². The quantitative estimate of drug-likeness (QED) is 0.804. The van der Waals surface area contributed by atoms with Crippen LogP contribution in [0.4, 0.5) is 5.82 Å². The van der Waals surface area contributed by atoms with E-state index in [-0.39, 0.29) is 5.69 Å². The highest BCUT2D eigenvalue weighted by atomic mass is 16.4. The minimum absolute atomic E-state index is 0.00519. The van der Waals surface area contributed by atoms with Crippen LogP contribution in [0.15, 0.2) is 12.4 Å². The Bertz CT molecular complexity index is 443. The molecule has 3 rings (SSSR count). The molecule has 0 amide bonds. The molecule has 5 heteroatoms. The number of aromatic nitrogens is 2. The number of carboxylic acids is 1. The van der Waals surface area contributed by atoms with E-state index in [1.54, 1.807) is 6.20 Å². The van der Waals surface area contributed by atoms with E-state index in [4.69, 9.17) is 5.11 Å². The van der Waals surface area contributed by atoms with E-state index in [1.807, 2.05) is 0 Å². The lowest BCUT2D eigenvalue weighted by molar-refractivity contribution is 0.0690. The fourth-order valence-electron chi connectivity index (χ4n) is 2.54. The number of nitrogens with one attached hydrogen (secondary N) is 1. The number of hydrogen-bond acceptors (Lipinski definition) is 4. The Kier molecular flexibility index (Phi) is 2.89. The lowest BCUT2D eigenvalue weighted by atomic mass is 9.98. The summed E-state index contributed by atoms with van der Waals surface area (Å²) >= 11 is 0. The zero-order valence-corrected chi connectivity index (χ0v) is 10.2. The predicted molar refractivity (Wildman–Crippen MR) is 66.4 cm³/mol. The molecule has 0 atom stereocenters. The molecule has 0 bridgehead atoms. The van der Waals surface area contributed by atoms with Gasteiger partial charge in [-0.05, 0) is 43.4 Å². The normalized spacial score (nSPS) is 18.9. The second kappa shape index (κ2) is 4.55. The molecule has 2 N–H and O–H groups in total. The molecule has 2 fully saturated rings. The minimum atomic E-state index is -1.04. The van der Waals surface area contributed by atoms with Crippen molar-refractivity contribution in [3.8, 4) is 0 Å². The number of aromatic carboxylic acids is 1. The first-order chi connectivity index (χ1) is 8.74. The van der Waals surface area contributed by atoms with Gasteiger partial charge in [0.15, 0.2) is 5.69 Å². The first kappa shape index (κ1) is 11.4. The van der Waals surface area contributed by atoms with Crippen molar-refractivity contribution < 1.29 is 9.90 Å². The summed E-state index contributed by atoms with van der Waals surface area (Å²) in [5, 5.41) is 12.1. The largest absolute Gasteiger partial charge is 0.476 e. The molecule has 0 aromatic carbocycles. The molecular weight excluding hydrogens is 230 g/mol. The Morgan fingerprint density at radius 3 is 2.56 bits per heavy atom. The lowest BCUT2D eigenvalue weighted by Crippen LogP contribution is -2.19. The van der Waals surface area contributed by atoms with Crippen LogP contribution in [0.25, 0.3) is 0 Å². The SMILES string of the molecule is O=C(O)c1cncc(NCC(C2CC2)C2CC2)n1. The van der Waals surface area contributed by atoms with E-state index >= 15 is 0 Å². The molecule has 18 heavy (non-hydrogen) atoms. The van der Waals surface area contributed by atoms with Gasteiger partial charge in [-0.1, -0.05) is 0 Å². The Labute approximate surface area is 106 Å². The molecule has 0 unspecified atom stereocenters. The third kappa shape index (κ3) is 2.60. The minimum Gasteiger partial charge on any atom is -0.476 e. The molecule has 2 aliphatic rings. The van der Waals surface area contributed by atoms with E-state index in [2.05, 4.69) is 15.3 Å². The number of anilines is 1. The standard InChI is InChI=1S/C13H17N3O2/c17-13(18)11-6-14-7-12(16-11)15-5-10(8-1-2-8)9-3-4-9/h6-10H,1-5H2,(H,15,16)(H,17,18). The van der Waals surface area contributed by atoms with E-state index in [9.17, 15) is 4.79 Å². The van der Waals surface area contributed by atoms with Crippen LogP contribution < -0.4 is 5.32 Å². The van der Waals surface area contributed by atoms with Crippen molar-refractivity contribution in [1.82, 2.24) is 9.97 Å². The second-order valence-electron chi connectivity index (χ2n) is 5.31. The zero-order valence-electron chi connectivity index (χ0n) is 10.2. The summed E-state index contributed by atoms with van der Waals surface area (Å²) in [6.45, 7) is 0.896. The van der Waals surface area contributed by atoms with Crippen molar-refractivity contribution in [2.75, 3.05) is 11.9 Å². The maximum Gasteiger partial charge on any atom is 0.356 e. The Hall–Kier alpha value is -1.65. The summed E-state index contributed by atoms with van der Waals surface area (Å²) in [4.78, 5) is 18.7. The summed E-state index contributed by atoms with van der Waals surface area (Å²) in [7, 11) is 0. The number of nitrogens with zero attached hydrogens (tertiary/aromatic N) is 2. The highest BCUT2D eigenvalue weighted by Crippen LogP contribution is 2.49. The molecule has 5 nitrogen and oxygen atoms in total. The van der Waals surface area contributed by atoms with Crippen molar-refractivity contribution in [2.45, 2.75) is 25.7 Å². The maximum absolute atomic E-state index is 10.8. The van der Waals surface area contributed by atoms with Crippen LogP contribution in [0.1, 0.15) is 36.2 Å². The van der Waals surface area contributed by atoms with Gasteiger partial charge in [-0.15, -0.1) is 0 Å². The molecule has 2 saturated carbocycles. The molecule has 0 saturated heterocycles. The van der Waals surface area contributed by atoms with Gasteiger partial charge in [0.2, 0.25) is 0 Å². The summed E-state index contributed by atoms with van der Waals surface area (Å²) in [6, 6.07) is 0. The zero-order chi connectivity index (χ0) is 12.5. The smallest absolute Gasteiger partial charge is 0.356 e. The van der Waals surface area contributed by atoms with Crippen molar-refractivity contribution in [2.24, 2.45) is 17.8 Å². The van der Waals surface area contributed by atoms with Gasteiger partial charge in [0, 0.05) is 6.54 Å². The second-order valence-corrected chi connectivity index (χ2v) is 5.31. The average molecular weight is 247 g/mol. The van der Waals surface area contributed by atoms with Crippen molar-refractivity contribution in [3.05, 3.63) is 18.1 Å². The number of hydrogen-bond donors (Lipinski definition) is 2. The molecular formula is C13H17N3O2. The Morgan fingerprint density at radius 2 is 2.00 bits per heavy atom. The Morgan fingerprint density at radius 1 is 1.33 bits per heavy atom. The van der Waals surface area contributed by atoms with Crippen LogP contribution in [0.2, 0.25) is 0 Å². The number of carboxylic acid groups (broad SMARTS) is 1. The van der Waals surface area contributed by atoms with Crippen LogP contribution in [0.5, 0.6) is 0 Å². The van der Waals surface area contributed by atoms with E-state index in [0.717, 1.165) is 24.3 Å². The fraction of sp³-hybridized carbons (Fsp3) is 0.615. The molecule has 1 aromatic rings. The summed E-state index contributed by atoms with van der Waals surface area (Å²) in [6.07, 6.45) is 8.26. The molecule has 1 heterocycles. The van der Waals surface area contributed by atoms with Crippen LogP contribution in [0.3, 0.4) is 0 Å². The van der Waals surface area contributed by atoms with E-state index in [0.29, 0.717) is 5.82 Å². The van der Waals surface area contributed by atoms with E-state index in [1.165, 1.54) is 31.9 Å². The molecule has 0 spiro atoms. The van der Waals surface area contributed by atoms with Crippen LogP contribution >= 0.6 is 0 Å². The first-order valence-electron chi connectivity index (χ1n) is 6.53. The van der Waals surface area contributed by atoms with Gasteiger partial charge in [-0.2, -0.15) is 0 Å². The van der Waals surface area contributed by atoms with Crippen LogP contribution in [0, 0.1) is 17.8 Å². The molecule has 96 valence electrons. The Balaban J connectivity index is 1.61. The number of carbonyl (C=O) groups is 1. The third-order valence-electron chi connectivity index (χ3n) is 3.83. The summed E-state index contributed by atoms with van der Waals surface area (Å²) < 4.78 is 0. The van der Waals surface area contributed by atoms with Gasteiger partial charge in [0.25, 0.3) is 0 Å². The summed E-state index contributed by atoms with van der Waals surface area (Å²) in [5.74, 6) is 2.02.